The van der Waals surface area contributed by atoms with Crippen LogP contribution >= 0.6 is 0 Å². The molecule has 182 valence electrons. The maximum Gasteiger partial charge on any atom is 0.270 e. The largest absolute Gasteiger partial charge is 0.493 e. The molecule has 0 fully saturated rings. The first-order valence-corrected chi connectivity index (χ1v) is 11.3. The smallest absolute Gasteiger partial charge is 0.270 e. The first-order valence-electron chi connectivity index (χ1n) is 11.3. The molecule has 0 aromatic heterocycles. The van der Waals surface area contributed by atoms with Crippen molar-refractivity contribution in [2.75, 3.05) is 20.8 Å². The number of methoxy groups -OCH3 is 2. The number of nitrogens with zero attached hydrogens (tertiary/aromatic N) is 2. The predicted molar refractivity (Wildman–Crippen MR) is 127 cm³/mol. The molecule has 0 radical (unpaired) electrons. The molecule has 1 aliphatic rings. The molecule has 1 N–H and O–H groups in total. The fourth-order valence-corrected chi connectivity index (χ4v) is 4.47. The standard InChI is InChI=1S/C25H31N3O6/c1-6-11-26-25(14-16(2)3)20-9-8-18(28(31)32)13-19(20)23(29)27(24(25)30)15-17-7-10-21(33-4)22(12-17)34-5/h7-10,12-13,16,26H,6,11,14-15H2,1-5H3. The van der Waals surface area contributed by atoms with Crippen LogP contribution in [0.1, 0.15) is 55.1 Å². The lowest BCUT2D eigenvalue weighted by molar-refractivity contribution is -0.384. The van der Waals surface area contributed by atoms with Gasteiger partial charge >= 0.3 is 0 Å². The normalized spacial score (nSPS) is 17.6. The SMILES string of the molecule is CCCNC1(CC(C)C)C(=O)N(Cc2ccc(OC)c(OC)c2)C(=O)c2cc([N+](=O)[O-])ccc21. The van der Waals surface area contributed by atoms with Crippen LogP contribution < -0.4 is 14.8 Å². The van der Waals surface area contributed by atoms with Gasteiger partial charge in [0.25, 0.3) is 17.5 Å². The van der Waals surface area contributed by atoms with Crippen LogP contribution in [0.3, 0.4) is 0 Å². The second-order valence-electron chi connectivity index (χ2n) is 8.80. The van der Waals surface area contributed by atoms with Gasteiger partial charge in [-0.25, -0.2) is 0 Å². The van der Waals surface area contributed by atoms with Gasteiger partial charge in [-0.05, 0) is 54.6 Å². The highest BCUT2D eigenvalue weighted by atomic mass is 16.6. The molecule has 0 saturated carbocycles. The summed E-state index contributed by atoms with van der Waals surface area (Å²) in [5.74, 6) is 0.201. The van der Waals surface area contributed by atoms with Gasteiger partial charge in [0.2, 0.25) is 0 Å². The number of imide groups is 1. The van der Waals surface area contributed by atoms with Crippen LogP contribution in [0.2, 0.25) is 0 Å². The molecule has 3 rings (SSSR count). The number of benzene rings is 2. The highest BCUT2D eigenvalue weighted by Crippen LogP contribution is 2.40. The lowest BCUT2D eigenvalue weighted by Gasteiger charge is -2.43. The summed E-state index contributed by atoms with van der Waals surface area (Å²) in [6.07, 6.45) is 1.21. The first kappa shape index (κ1) is 25.2. The zero-order valence-corrected chi connectivity index (χ0v) is 20.2. The van der Waals surface area contributed by atoms with Crippen molar-refractivity contribution in [3.05, 3.63) is 63.2 Å². The van der Waals surface area contributed by atoms with E-state index in [9.17, 15) is 19.7 Å². The number of non-ortho nitro benzene ring substituents is 1. The minimum Gasteiger partial charge on any atom is -0.493 e. The Bertz CT molecular complexity index is 1100. The predicted octanol–water partition coefficient (Wildman–Crippen LogP) is 4.04. The van der Waals surface area contributed by atoms with Crippen LogP contribution in [0.4, 0.5) is 5.69 Å². The van der Waals surface area contributed by atoms with E-state index in [1.165, 1.54) is 31.3 Å². The zero-order valence-electron chi connectivity index (χ0n) is 20.2. The molecule has 34 heavy (non-hydrogen) atoms. The van der Waals surface area contributed by atoms with E-state index in [0.29, 0.717) is 35.6 Å². The maximum absolute atomic E-state index is 14.0. The molecule has 0 aliphatic carbocycles. The molecular formula is C25H31N3O6. The number of carbonyl (C=O) groups excluding carboxylic acids is 2. The molecule has 1 atom stereocenters. The second kappa shape index (κ2) is 10.2. The summed E-state index contributed by atoms with van der Waals surface area (Å²) in [6.45, 7) is 6.54. The number of rotatable bonds is 10. The van der Waals surface area contributed by atoms with E-state index in [-0.39, 0.29) is 29.6 Å². The minimum atomic E-state index is -1.17. The Morgan fingerprint density at radius 3 is 2.38 bits per heavy atom. The monoisotopic (exact) mass is 469 g/mol. The summed E-state index contributed by atoms with van der Waals surface area (Å²) < 4.78 is 10.6. The molecular weight excluding hydrogens is 438 g/mol. The van der Waals surface area contributed by atoms with Crippen molar-refractivity contribution >= 4 is 17.5 Å². The van der Waals surface area contributed by atoms with E-state index in [2.05, 4.69) is 5.32 Å². The van der Waals surface area contributed by atoms with Crippen molar-refractivity contribution in [1.82, 2.24) is 10.2 Å². The Balaban J connectivity index is 2.16. The number of hydrogen-bond acceptors (Lipinski definition) is 7. The van der Waals surface area contributed by atoms with Gasteiger partial charge in [-0.15, -0.1) is 0 Å². The van der Waals surface area contributed by atoms with Crippen molar-refractivity contribution in [3.8, 4) is 11.5 Å². The van der Waals surface area contributed by atoms with E-state index >= 15 is 0 Å². The van der Waals surface area contributed by atoms with Gasteiger partial charge in [-0.2, -0.15) is 0 Å². The summed E-state index contributed by atoms with van der Waals surface area (Å²) in [4.78, 5) is 39.6. The number of nitrogens with one attached hydrogen (secondary N) is 1. The van der Waals surface area contributed by atoms with Crippen LogP contribution in [0.5, 0.6) is 11.5 Å². The van der Waals surface area contributed by atoms with Crippen molar-refractivity contribution in [1.29, 1.82) is 0 Å². The van der Waals surface area contributed by atoms with Gasteiger partial charge in [-0.1, -0.05) is 26.8 Å². The Kier molecular flexibility index (Phi) is 7.56. The molecule has 9 heteroatoms. The lowest BCUT2D eigenvalue weighted by atomic mass is 9.75. The highest BCUT2D eigenvalue weighted by Gasteiger charge is 2.51. The summed E-state index contributed by atoms with van der Waals surface area (Å²) >= 11 is 0. The van der Waals surface area contributed by atoms with Crippen LogP contribution in [0.25, 0.3) is 0 Å². The van der Waals surface area contributed by atoms with Gasteiger partial charge in [0.05, 0.1) is 31.3 Å². The molecule has 1 unspecified atom stereocenters. The van der Waals surface area contributed by atoms with E-state index in [1.54, 1.807) is 24.3 Å². The van der Waals surface area contributed by atoms with E-state index in [1.807, 2.05) is 20.8 Å². The molecule has 9 nitrogen and oxygen atoms in total. The van der Waals surface area contributed by atoms with E-state index in [0.717, 1.165) is 6.42 Å². The number of hydrogen-bond donors (Lipinski definition) is 1. The number of ether oxygens (including phenoxy) is 2. The molecule has 1 aliphatic heterocycles. The molecule has 2 amide bonds. The van der Waals surface area contributed by atoms with Gasteiger partial charge in [0.15, 0.2) is 11.5 Å². The fourth-order valence-electron chi connectivity index (χ4n) is 4.47. The van der Waals surface area contributed by atoms with E-state index in [4.69, 9.17) is 9.47 Å². The van der Waals surface area contributed by atoms with Crippen LogP contribution in [0, 0.1) is 16.0 Å². The molecule has 0 spiro atoms. The average Bonchev–Trinajstić information content (AvgIpc) is 2.82. The van der Waals surface area contributed by atoms with Crippen molar-refractivity contribution in [2.24, 2.45) is 5.92 Å². The first-order chi connectivity index (χ1) is 16.2. The van der Waals surface area contributed by atoms with Gasteiger partial charge < -0.3 is 9.47 Å². The summed E-state index contributed by atoms with van der Waals surface area (Å²) in [5.41, 5.74) is -0.0417. The Morgan fingerprint density at radius 2 is 1.79 bits per heavy atom. The summed E-state index contributed by atoms with van der Waals surface area (Å²) in [7, 11) is 3.04. The second-order valence-corrected chi connectivity index (χ2v) is 8.80. The lowest BCUT2D eigenvalue weighted by Crippen LogP contribution is -2.61. The van der Waals surface area contributed by atoms with Gasteiger partial charge in [0, 0.05) is 12.1 Å². The van der Waals surface area contributed by atoms with Gasteiger partial charge in [-0.3, -0.25) is 29.9 Å². The third kappa shape index (κ3) is 4.61. The number of nitro benzene ring substituents is 1. The molecule has 2 aromatic carbocycles. The molecule has 0 saturated heterocycles. The zero-order chi connectivity index (χ0) is 25.0. The molecule has 0 bridgehead atoms. The number of amides is 2. The Labute approximate surface area is 199 Å². The molecule has 1 heterocycles. The Hall–Kier alpha value is -3.46. The molecule has 2 aromatic rings. The third-order valence-electron chi connectivity index (χ3n) is 5.94. The third-order valence-corrected chi connectivity index (χ3v) is 5.94. The quantitative estimate of drug-likeness (QED) is 0.318. The van der Waals surface area contributed by atoms with Crippen LogP contribution in [0.15, 0.2) is 36.4 Å². The summed E-state index contributed by atoms with van der Waals surface area (Å²) in [6, 6.07) is 9.35. The fraction of sp³-hybridized carbons (Fsp3) is 0.440. The number of nitro groups is 1. The maximum atomic E-state index is 14.0. The summed E-state index contributed by atoms with van der Waals surface area (Å²) in [5, 5.41) is 14.8. The van der Waals surface area contributed by atoms with Crippen molar-refractivity contribution in [3.63, 3.8) is 0 Å². The number of fused-ring (bicyclic) bond motifs is 1. The average molecular weight is 470 g/mol. The Morgan fingerprint density at radius 1 is 1.09 bits per heavy atom. The van der Waals surface area contributed by atoms with Crippen LogP contribution in [-0.4, -0.2) is 42.4 Å². The van der Waals surface area contributed by atoms with Crippen LogP contribution in [-0.2, 0) is 16.9 Å². The minimum absolute atomic E-state index is 0.00615. The highest BCUT2D eigenvalue weighted by molar-refractivity contribution is 6.13. The van der Waals surface area contributed by atoms with E-state index < -0.39 is 16.4 Å². The van der Waals surface area contributed by atoms with Gasteiger partial charge in [0.1, 0.15) is 5.54 Å². The number of carbonyl (C=O) groups is 2. The van der Waals surface area contributed by atoms with Crippen molar-refractivity contribution in [2.45, 2.75) is 45.7 Å². The topological polar surface area (TPSA) is 111 Å². The van der Waals surface area contributed by atoms with Crippen molar-refractivity contribution < 1.29 is 24.0 Å².